The number of fused-ring (bicyclic) bond motifs is 1. The highest BCUT2D eigenvalue weighted by Gasteiger charge is 2.27. The van der Waals surface area contributed by atoms with Crippen molar-refractivity contribution >= 4 is 17.8 Å². The van der Waals surface area contributed by atoms with E-state index in [1.54, 1.807) is 24.0 Å². The molecule has 0 fully saturated rings. The SMILES string of the molecule is C/C=C(\OC)C(=O)N1CCc2c(OCC/C(=C\C)NC(=O)C3=CCC=CC=C3)ccc(CCC(=O)O)c2C1.CC. The molecule has 0 unspecified atom stereocenters. The second-order valence-electron chi connectivity index (χ2n) is 8.96. The molecule has 0 saturated heterocycles. The fraction of sp³-hybridized carbons (Fsp3) is 0.406. The molecule has 0 radical (unpaired) electrons. The molecule has 216 valence electrons. The molecule has 0 atom stereocenters. The highest BCUT2D eigenvalue weighted by atomic mass is 16.5. The predicted octanol–water partition coefficient (Wildman–Crippen LogP) is 5.40. The summed E-state index contributed by atoms with van der Waals surface area (Å²) in [4.78, 5) is 38.5. The first-order chi connectivity index (χ1) is 19.4. The van der Waals surface area contributed by atoms with E-state index >= 15 is 0 Å². The van der Waals surface area contributed by atoms with Gasteiger partial charge in [-0.1, -0.05) is 50.3 Å². The average Bonchev–Trinajstić information content (AvgIpc) is 3.27. The Morgan fingerprint density at radius 1 is 1.07 bits per heavy atom. The van der Waals surface area contributed by atoms with E-state index in [4.69, 9.17) is 9.47 Å². The normalized spacial score (nSPS) is 14.7. The van der Waals surface area contributed by atoms with Gasteiger partial charge in [0.2, 0.25) is 0 Å². The quantitative estimate of drug-likeness (QED) is 0.283. The number of carbonyl (C=O) groups is 3. The molecule has 1 heterocycles. The Balaban J connectivity index is 0.00000274. The van der Waals surface area contributed by atoms with E-state index in [1.807, 2.05) is 63.3 Å². The molecule has 0 aromatic heterocycles. The van der Waals surface area contributed by atoms with E-state index in [1.165, 1.54) is 7.11 Å². The van der Waals surface area contributed by atoms with Crippen LogP contribution in [0.1, 0.15) is 63.6 Å². The minimum atomic E-state index is -0.870. The topological polar surface area (TPSA) is 105 Å². The van der Waals surface area contributed by atoms with E-state index < -0.39 is 5.97 Å². The van der Waals surface area contributed by atoms with Crippen LogP contribution in [0.15, 0.2) is 71.7 Å². The van der Waals surface area contributed by atoms with Gasteiger partial charge >= 0.3 is 5.97 Å². The number of rotatable bonds is 11. The Morgan fingerprint density at radius 3 is 2.52 bits per heavy atom. The molecule has 2 N–H and O–H groups in total. The van der Waals surface area contributed by atoms with Gasteiger partial charge in [-0.2, -0.15) is 0 Å². The van der Waals surface area contributed by atoms with Gasteiger partial charge in [-0.3, -0.25) is 14.4 Å². The second-order valence-corrected chi connectivity index (χ2v) is 8.96. The highest BCUT2D eigenvalue weighted by molar-refractivity contribution is 5.97. The number of amides is 2. The molecule has 1 aliphatic heterocycles. The molecular weight excluding hydrogens is 508 g/mol. The van der Waals surface area contributed by atoms with E-state index in [0.717, 1.165) is 22.4 Å². The molecule has 8 heteroatoms. The minimum absolute atomic E-state index is 0.00477. The number of aryl methyl sites for hydroxylation is 1. The number of carboxylic acids is 1. The number of carboxylic acid groups (broad SMARTS) is 1. The van der Waals surface area contributed by atoms with Crippen molar-refractivity contribution in [3.05, 3.63) is 88.4 Å². The maximum atomic E-state index is 12.9. The van der Waals surface area contributed by atoms with E-state index in [2.05, 4.69) is 5.32 Å². The number of hydrogen-bond acceptors (Lipinski definition) is 5. The number of ether oxygens (including phenoxy) is 2. The van der Waals surface area contributed by atoms with E-state index in [9.17, 15) is 19.5 Å². The monoisotopic (exact) mass is 550 g/mol. The lowest BCUT2D eigenvalue weighted by atomic mass is 9.91. The summed E-state index contributed by atoms with van der Waals surface area (Å²) in [5, 5.41) is 12.2. The molecule has 0 spiro atoms. The Bertz CT molecular complexity index is 1210. The van der Waals surface area contributed by atoms with Crippen LogP contribution in [0.3, 0.4) is 0 Å². The van der Waals surface area contributed by atoms with Crippen LogP contribution < -0.4 is 10.1 Å². The maximum absolute atomic E-state index is 12.9. The Hall–Kier alpha value is -4.07. The molecule has 0 saturated carbocycles. The first kappa shape index (κ1) is 32.1. The minimum Gasteiger partial charge on any atom is -0.493 e. The number of nitrogens with one attached hydrogen (secondary N) is 1. The average molecular weight is 551 g/mol. The van der Waals surface area contributed by atoms with E-state index in [0.29, 0.717) is 56.7 Å². The molecule has 0 bridgehead atoms. The van der Waals surface area contributed by atoms with Crippen LogP contribution in [0.4, 0.5) is 0 Å². The molecule has 1 aromatic carbocycles. The van der Waals surface area contributed by atoms with Crippen molar-refractivity contribution < 1.29 is 29.0 Å². The van der Waals surface area contributed by atoms with Gasteiger partial charge in [0, 0.05) is 42.8 Å². The number of carbonyl (C=O) groups excluding carboxylic acids is 2. The Kier molecular flexibility index (Phi) is 13.5. The molecule has 2 amide bonds. The number of benzene rings is 1. The number of aliphatic carboxylic acids is 1. The summed E-state index contributed by atoms with van der Waals surface area (Å²) in [5.74, 6) is -0.226. The zero-order valence-corrected chi connectivity index (χ0v) is 24.3. The summed E-state index contributed by atoms with van der Waals surface area (Å²) in [6.07, 6.45) is 15.1. The van der Waals surface area contributed by atoms with Crippen molar-refractivity contribution in [3.63, 3.8) is 0 Å². The van der Waals surface area contributed by atoms with Gasteiger partial charge in [0.25, 0.3) is 11.8 Å². The fourth-order valence-electron chi connectivity index (χ4n) is 4.49. The second kappa shape index (κ2) is 16.8. The van der Waals surface area contributed by atoms with Crippen LogP contribution in [-0.4, -0.2) is 48.1 Å². The number of methoxy groups -OCH3 is 1. The lowest BCUT2D eigenvalue weighted by Crippen LogP contribution is -2.38. The first-order valence-electron chi connectivity index (χ1n) is 13.9. The molecule has 1 aromatic rings. The van der Waals surface area contributed by atoms with E-state index in [-0.39, 0.29) is 24.0 Å². The predicted molar refractivity (Wildman–Crippen MR) is 157 cm³/mol. The standard InChI is InChI=1S/C30H36N2O6.C2H6/c1-4-23(31-29(35)22-10-8-6-7-9-11-22)17-19-38-27-14-12-21(13-15-28(33)34)25-20-32(18-16-24(25)27)30(36)26(5-2)37-3;1-2/h4-8,10-12,14H,9,13,15-20H2,1-3H3,(H,31,35)(H,33,34);1-2H3/b23-4+,26-5-;. The van der Waals surface area contributed by atoms with Crippen molar-refractivity contribution in [2.75, 3.05) is 20.3 Å². The van der Waals surface area contributed by atoms with Crippen LogP contribution in [0.2, 0.25) is 0 Å². The van der Waals surface area contributed by atoms with Crippen LogP contribution in [0.5, 0.6) is 5.75 Å². The van der Waals surface area contributed by atoms with Gasteiger partial charge in [-0.15, -0.1) is 0 Å². The van der Waals surface area contributed by atoms with Crippen molar-refractivity contribution in [2.45, 2.75) is 66.3 Å². The first-order valence-corrected chi connectivity index (χ1v) is 13.9. The van der Waals surface area contributed by atoms with Gasteiger partial charge in [0.05, 0.1) is 13.7 Å². The van der Waals surface area contributed by atoms with Crippen molar-refractivity contribution in [1.29, 1.82) is 0 Å². The molecular formula is C32H42N2O6. The lowest BCUT2D eigenvalue weighted by molar-refractivity contribution is -0.137. The van der Waals surface area contributed by atoms with Crippen LogP contribution >= 0.6 is 0 Å². The largest absolute Gasteiger partial charge is 0.493 e. The molecule has 1 aliphatic carbocycles. The summed E-state index contributed by atoms with van der Waals surface area (Å²) in [6.45, 7) is 8.83. The molecule has 3 rings (SSSR count). The maximum Gasteiger partial charge on any atom is 0.303 e. The fourth-order valence-corrected chi connectivity index (χ4v) is 4.49. The number of allylic oxidation sites excluding steroid dienone is 6. The smallest absolute Gasteiger partial charge is 0.303 e. The van der Waals surface area contributed by atoms with Gasteiger partial charge in [-0.25, -0.2) is 0 Å². The Labute approximate surface area is 237 Å². The van der Waals surface area contributed by atoms with Crippen molar-refractivity contribution in [1.82, 2.24) is 10.2 Å². The zero-order chi connectivity index (χ0) is 29.5. The van der Waals surface area contributed by atoms with Crippen LogP contribution in [0, 0.1) is 0 Å². The van der Waals surface area contributed by atoms with Crippen molar-refractivity contribution in [2.24, 2.45) is 0 Å². The summed E-state index contributed by atoms with van der Waals surface area (Å²) in [7, 11) is 1.47. The van der Waals surface area contributed by atoms with Gasteiger partial charge in [0.15, 0.2) is 5.76 Å². The van der Waals surface area contributed by atoms with Crippen LogP contribution in [0.25, 0.3) is 0 Å². The Morgan fingerprint density at radius 2 is 1.85 bits per heavy atom. The summed E-state index contributed by atoms with van der Waals surface area (Å²) < 4.78 is 11.4. The highest BCUT2D eigenvalue weighted by Crippen LogP contribution is 2.32. The third-order valence-electron chi connectivity index (χ3n) is 6.56. The lowest BCUT2D eigenvalue weighted by Gasteiger charge is -2.32. The summed E-state index contributed by atoms with van der Waals surface area (Å²) >= 11 is 0. The number of nitrogens with zero attached hydrogens (tertiary/aromatic N) is 1. The van der Waals surface area contributed by atoms with Gasteiger partial charge in [-0.05, 0) is 62.5 Å². The third-order valence-corrected chi connectivity index (χ3v) is 6.56. The van der Waals surface area contributed by atoms with Gasteiger partial charge in [0.1, 0.15) is 5.75 Å². The third kappa shape index (κ3) is 9.00. The summed E-state index contributed by atoms with van der Waals surface area (Å²) in [6, 6.07) is 3.76. The number of hydrogen-bond donors (Lipinski definition) is 2. The molecule has 2 aliphatic rings. The molecule has 8 nitrogen and oxygen atoms in total. The van der Waals surface area contributed by atoms with Crippen molar-refractivity contribution in [3.8, 4) is 5.75 Å². The van der Waals surface area contributed by atoms with Crippen LogP contribution in [-0.2, 0) is 38.5 Å². The molecule has 40 heavy (non-hydrogen) atoms. The zero-order valence-electron chi connectivity index (χ0n) is 24.3. The summed E-state index contributed by atoms with van der Waals surface area (Å²) in [5.41, 5.74) is 4.20. The van der Waals surface area contributed by atoms with Gasteiger partial charge < -0.3 is 24.8 Å².